The first kappa shape index (κ1) is 15.3. The lowest BCUT2D eigenvalue weighted by molar-refractivity contribution is 0.0697. The number of carbonyl (C=O) groups is 2. The van der Waals surface area contributed by atoms with E-state index in [1.54, 1.807) is 25.2 Å². The van der Waals surface area contributed by atoms with E-state index in [1.807, 2.05) is 19.9 Å². The van der Waals surface area contributed by atoms with Gasteiger partial charge in [0.25, 0.3) is 5.91 Å². The Morgan fingerprint density at radius 1 is 1.29 bits per heavy atom. The Bertz CT molecular complexity index is 691. The van der Waals surface area contributed by atoms with Crippen LogP contribution in [0.5, 0.6) is 0 Å². The first-order valence-electron chi connectivity index (χ1n) is 6.65. The van der Waals surface area contributed by atoms with Crippen molar-refractivity contribution in [1.82, 2.24) is 0 Å². The molecule has 2 rings (SSSR count). The SMILES string of the molecule is CCc1cc(C(=O)N(C)c2ccccc2C(=O)O)sc1C. The minimum atomic E-state index is -1.04. The van der Waals surface area contributed by atoms with Crippen LogP contribution in [0.1, 0.15) is 37.4 Å². The number of rotatable bonds is 4. The molecule has 0 aliphatic rings. The maximum atomic E-state index is 12.5. The Morgan fingerprint density at radius 3 is 2.52 bits per heavy atom. The molecule has 1 N–H and O–H groups in total. The lowest BCUT2D eigenvalue weighted by Gasteiger charge is -2.18. The number of para-hydroxylation sites is 1. The van der Waals surface area contributed by atoms with Gasteiger partial charge in [0.05, 0.1) is 16.1 Å². The minimum absolute atomic E-state index is 0.123. The molecule has 0 saturated carbocycles. The van der Waals surface area contributed by atoms with Crippen LogP contribution in [0.25, 0.3) is 0 Å². The number of carbonyl (C=O) groups excluding carboxylic acids is 1. The third-order valence-corrected chi connectivity index (χ3v) is 4.49. The standard InChI is InChI=1S/C16H17NO3S/c1-4-11-9-14(21-10(11)2)15(18)17(3)13-8-6-5-7-12(13)16(19)20/h5-9H,4H2,1-3H3,(H,19,20). The van der Waals surface area contributed by atoms with Gasteiger partial charge in [-0.15, -0.1) is 11.3 Å². The highest BCUT2D eigenvalue weighted by Gasteiger charge is 2.21. The van der Waals surface area contributed by atoms with E-state index < -0.39 is 5.97 Å². The van der Waals surface area contributed by atoms with E-state index in [1.165, 1.54) is 22.3 Å². The summed E-state index contributed by atoms with van der Waals surface area (Å²) in [5, 5.41) is 9.22. The topological polar surface area (TPSA) is 57.6 Å². The third-order valence-electron chi connectivity index (χ3n) is 3.41. The molecule has 21 heavy (non-hydrogen) atoms. The Labute approximate surface area is 127 Å². The first-order valence-corrected chi connectivity index (χ1v) is 7.47. The van der Waals surface area contributed by atoms with Crippen molar-refractivity contribution in [2.75, 3.05) is 11.9 Å². The zero-order chi connectivity index (χ0) is 15.6. The fourth-order valence-electron chi connectivity index (χ4n) is 2.20. The number of hydrogen-bond donors (Lipinski definition) is 1. The van der Waals surface area contributed by atoms with Gasteiger partial charge in [-0.1, -0.05) is 19.1 Å². The van der Waals surface area contributed by atoms with Crippen LogP contribution in [-0.4, -0.2) is 24.0 Å². The Balaban J connectivity index is 2.37. The lowest BCUT2D eigenvalue weighted by Crippen LogP contribution is -2.27. The van der Waals surface area contributed by atoms with Crippen LogP contribution >= 0.6 is 11.3 Å². The molecule has 0 fully saturated rings. The molecule has 110 valence electrons. The smallest absolute Gasteiger partial charge is 0.337 e. The van der Waals surface area contributed by atoms with Crippen LogP contribution in [0.4, 0.5) is 5.69 Å². The molecule has 0 aliphatic heterocycles. The second-order valence-corrected chi connectivity index (χ2v) is 5.99. The molecule has 1 heterocycles. The number of carboxylic acid groups (broad SMARTS) is 1. The van der Waals surface area contributed by atoms with E-state index in [0.717, 1.165) is 16.9 Å². The Kier molecular flexibility index (Phi) is 4.43. The predicted octanol–water partition coefficient (Wildman–Crippen LogP) is 3.59. The molecule has 0 saturated heterocycles. The van der Waals surface area contributed by atoms with Crippen molar-refractivity contribution in [3.8, 4) is 0 Å². The molecule has 0 aliphatic carbocycles. The van der Waals surface area contributed by atoms with Crippen LogP contribution in [-0.2, 0) is 6.42 Å². The van der Waals surface area contributed by atoms with E-state index >= 15 is 0 Å². The number of thiophene rings is 1. The number of anilines is 1. The number of benzene rings is 1. The second-order valence-electron chi connectivity index (χ2n) is 4.73. The highest BCUT2D eigenvalue weighted by molar-refractivity contribution is 7.14. The number of hydrogen-bond acceptors (Lipinski definition) is 3. The monoisotopic (exact) mass is 303 g/mol. The molecule has 1 amide bonds. The summed E-state index contributed by atoms with van der Waals surface area (Å²) in [5.74, 6) is -1.22. The van der Waals surface area contributed by atoms with Gasteiger partial charge >= 0.3 is 5.97 Å². The quantitative estimate of drug-likeness (QED) is 0.939. The van der Waals surface area contributed by atoms with Crippen molar-refractivity contribution in [2.45, 2.75) is 20.3 Å². The van der Waals surface area contributed by atoms with Crippen molar-refractivity contribution < 1.29 is 14.7 Å². The fraction of sp³-hybridized carbons (Fsp3) is 0.250. The summed E-state index contributed by atoms with van der Waals surface area (Å²) < 4.78 is 0. The van der Waals surface area contributed by atoms with Crippen molar-refractivity contribution in [3.05, 3.63) is 51.2 Å². The van der Waals surface area contributed by atoms with E-state index in [2.05, 4.69) is 0 Å². The van der Waals surface area contributed by atoms with Gasteiger partial charge in [-0.25, -0.2) is 4.79 Å². The molecular formula is C16H17NO3S. The summed E-state index contributed by atoms with van der Waals surface area (Å²) in [6.07, 6.45) is 0.880. The molecule has 0 spiro atoms. The maximum Gasteiger partial charge on any atom is 0.337 e. The summed E-state index contributed by atoms with van der Waals surface area (Å²) in [5.41, 5.74) is 1.68. The molecule has 0 bridgehead atoms. The summed E-state index contributed by atoms with van der Waals surface area (Å²) in [4.78, 5) is 27.0. The van der Waals surface area contributed by atoms with E-state index in [-0.39, 0.29) is 11.5 Å². The number of amides is 1. The number of carboxylic acids is 1. The van der Waals surface area contributed by atoms with Crippen LogP contribution in [0, 0.1) is 6.92 Å². The van der Waals surface area contributed by atoms with Crippen molar-refractivity contribution in [2.24, 2.45) is 0 Å². The van der Waals surface area contributed by atoms with E-state index in [9.17, 15) is 14.7 Å². The van der Waals surface area contributed by atoms with Gasteiger partial charge < -0.3 is 10.0 Å². The molecule has 1 aromatic carbocycles. The average molecular weight is 303 g/mol. The Hall–Kier alpha value is -2.14. The van der Waals surface area contributed by atoms with Gasteiger partial charge in [-0.05, 0) is 37.1 Å². The van der Waals surface area contributed by atoms with Crippen LogP contribution in [0.2, 0.25) is 0 Å². The van der Waals surface area contributed by atoms with Gasteiger partial charge in [-0.2, -0.15) is 0 Å². The summed E-state index contributed by atoms with van der Waals surface area (Å²) >= 11 is 1.45. The molecule has 4 nitrogen and oxygen atoms in total. The lowest BCUT2D eigenvalue weighted by atomic mass is 10.1. The third kappa shape index (κ3) is 2.97. The highest BCUT2D eigenvalue weighted by atomic mass is 32.1. The number of aromatic carboxylic acids is 1. The fourth-order valence-corrected chi connectivity index (χ4v) is 3.29. The van der Waals surface area contributed by atoms with Gasteiger partial charge in [0.1, 0.15) is 0 Å². The molecule has 0 radical (unpaired) electrons. The molecule has 1 aromatic heterocycles. The molecular weight excluding hydrogens is 286 g/mol. The van der Waals surface area contributed by atoms with Crippen LogP contribution in [0.3, 0.4) is 0 Å². The zero-order valence-electron chi connectivity index (χ0n) is 12.2. The molecule has 0 unspecified atom stereocenters. The Morgan fingerprint density at radius 2 is 1.95 bits per heavy atom. The van der Waals surface area contributed by atoms with Crippen molar-refractivity contribution in [3.63, 3.8) is 0 Å². The van der Waals surface area contributed by atoms with Gasteiger partial charge in [0.15, 0.2) is 0 Å². The van der Waals surface area contributed by atoms with Gasteiger partial charge in [0, 0.05) is 11.9 Å². The minimum Gasteiger partial charge on any atom is -0.478 e. The average Bonchev–Trinajstić information content (AvgIpc) is 2.86. The largest absolute Gasteiger partial charge is 0.478 e. The summed E-state index contributed by atoms with van der Waals surface area (Å²) in [7, 11) is 1.60. The maximum absolute atomic E-state index is 12.5. The predicted molar refractivity (Wildman–Crippen MR) is 84.6 cm³/mol. The zero-order valence-corrected chi connectivity index (χ0v) is 13.0. The van der Waals surface area contributed by atoms with Crippen LogP contribution in [0.15, 0.2) is 30.3 Å². The van der Waals surface area contributed by atoms with Crippen molar-refractivity contribution in [1.29, 1.82) is 0 Å². The molecule has 0 atom stereocenters. The molecule has 2 aromatic rings. The van der Waals surface area contributed by atoms with E-state index in [4.69, 9.17) is 0 Å². The van der Waals surface area contributed by atoms with Crippen molar-refractivity contribution >= 4 is 28.9 Å². The normalized spacial score (nSPS) is 10.4. The summed E-state index contributed by atoms with van der Waals surface area (Å²) in [6.45, 7) is 4.04. The number of aryl methyl sites for hydroxylation is 2. The highest BCUT2D eigenvalue weighted by Crippen LogP contribution is 2.26. The second kappa shape index (κ2) is 6.10. The van der Waals surface area contributed by atoms with Gasteiger partial charge in [0.2, 0.25) is 0 Å². The van der Waals surface area contributed by atoms with Gasteiger partial charge in [-0.3, -0.25) is 4.79 Å². The summed E-state index contributed by atoms with van der Waals surface area (Å²) in [6, 6.07) is 8.40. The van der Waals surface area contributed by atoms with E-state index in [0.29, 0.717) is 10.6 Å². The molecule has 5 heteroatoms. The first-order chi connectivity index (χ1) is 9.95. The van der Waals surface area contributed by atoms with Crippen LogP contribution < -0.4 is 4.90 Å². The number of nitrogens with zero attached hydrogens (tertiary/aromatic N) is 1.